The molecule has 0 spiro atoms. The number of carbonyl (C=O) groups is 1. The highest BCUT2D eigenvalue weighted by Crippen LogP contribution is 2.22. The highest BCUT2D eigenvalue weighted by atomic mass is 35.5. The monoisotopic (exact) mass is 383 g/mol. The fourth-order valence-corrected chi connectivity index (χ4v) is 3.88. The zero-order chi connectivity index (χ0) is 17.9. The Kier molecular flexibility index (Phi) is 4.91. The zero-order valence-corrected chi connectivity index (χ0v) is 15.7. The average molecular weight is 384 g/mol. The molecule has 0 aliphatic carbocycles. The molecule has 26 heavy (non-hydrogen) atoms. The highest BCUT2D eigenvalue weighted by Gasteiger charge is 2.22. The van der Waals surface area contributed by atoms with Crippen LogP contribution in [0.1, 0.15) is 10.4 Å². The number of nitrogens with zero attached hydrogens (tertiary/aromatic N) is 3. The lowest BCUT2D eigenvalue weighted by Gasteiger charge is -2.36. The van der Waals surface area contributed by atoms with E-state index >= 15 is 0 Å². The van der Waals surface area contributed by atoms with Crippen LogP contribution in [0.15, 0.2) is 59.4 Å². The number of hydrogen-bond donors (Lipinski definition) is 0. The van der Waals surface area contributed by atoms with Crippen LogP contribution < -0.4 is 4.90 Å². The predicted octanol–water partition coefficient (Wildman–Crippen LogP) is 4.43. The molecule has 4 nitrogen and oxygen atoms in total. The van der Waals surface area contributed by atoms with Gasteiger partial charge < -0.3 is 9.80 Å². The molecule has 0 atom stereocenters. The van der Waals surface area contributed by atoms with Crippen molar-refractivity contribution < 1.29 is 4.79 Å². The van der Waals surface area contributed by atoms with Gasteiger partial charge in [0.25, 0.3) is 5.91 Å². The van der Waals surface area contributed by atoms with Crippen molar-refractivity contribution in [1.82, 2.24) is 9.88 Å². The maximum Gasteiger partial charge on any atom is 0.255 e. The van der Waals surface area contributed by atoms with E-state index in [0.717, 1.165) is 35.1 Å². The first-order chi connectivity index (χ1) is 12.7. The maximum atomic E-state index is 12.7. The molecule has 4 rings (SSSR count). The van der Waals surface area contributed by atoms with Gasteiger partial charge in [-0.05, 0) is 47.8 Å². The summed E-state index contributed by atoms with van der Waals surface area (Å²) < 4.78 is 0. The topological polar surface area (TPSA) is 36.4 Å². The number of amides is 1. The average Bonchev–Trinajstić information content (AvgIpc) is 3.23. The molecule has 132 valence electrons. The summed E-state index contributed by atoms with van der Waals surface area (Å²) in [6.07, 6.45) is 1.68. The summed E-state index contributed by atoms with van der Waals surface area (Å²) in [6.45, 7) is 3.03. The van der Waals surface area contributed by atoms with Gasteiger partial charge >= 0.3 is 0 Å². The summed E-state index contributed by atoms with van der Waals surface area (Å²) in [5.41, 5.74) is 3.77. The highest BCUT2D eigenvalue weighted by molar-refractivity contribution is 7.08. The largest absolute Gasteiger partial charge is 0.368 e. The lowest BCUT2D eigenvalue weighted by molar-refractivity contribution is 0.0746. The van der Waals surface area contributed by atoms with E-state index in [1.54, 1.807) is 17.5 Å². The van der Waals surface area contributed by atoms with Gasteiger partial charge in [0.2, 0.25) is 0 Å². The Morgan fingerprint density at radius 3 is 2.38 bits per heavy atom. The van der Waals surface area contributed by atoms with Gasteiger partial charge in [0, 0.05) is 54.0 Å². The van der Waals surface area contributed by atoms with Crippen molar-refractivity contribution in [3.8, 4) is 11.3 Å². The Labute approximate surface area is 161 Å². The molecule has 2 aromatic heterocycles. The third kappa shape index (κ3) is 3.59. The smallest absolute Gasteiger partial charge is 0.255 e. The second-order valence-corrected chi connectivity index (χ2v) is 7.42. The van der Waals surface area contributed by atoms with Crippen molar-refractivity contribution in [1.29, 1.82) is 0 Å². The van der Waals surface area contributed by atoms with E-state index in [9.17, 15) is 4.79 Å². The van der Waals surface area contributed by atoms with E-state index in [1.807, 2.05) is 52.7 Å². The molecule has 0 N–H and O–H groups in total. The van der Waals surface area contributed by atoms with Crippen LogP contribution in [-0.2, 0) is 0 Å². The number of hydrogen-bond acceptors (Lipinski definition) is 4. The molecule has 3 aromatic rings. The Morgan fingerprint density at radius 1 is 1.00 bits per heavy atom. The zero-order valence-electron chi connectivity index (χ0n) is 14.1. The SMILES string of the molecule is O=C(c1ccc(-c2ccsc2)nc1)N1CCN(c2ccc(Cl)cc2)CC1. The normalized spacial score (nSPS) is 14.5. The number of piperazine rings is 1. The molecule has 1 amide bonds. The Bertz CT molecular complexity index is 870. The summed E-state index contributed by atoms with van der Waals surface area (Å²) in [5, 5.41) is 4.82. The number of thiophene rings is 1. The molecule has 0 radical (unpaired) electrons. The number of rotatable bonds is 3. The Balaban J connectivity index is 1.39. The number of halogens is 1. The standard InChI is InChI=1S/C20H18ClN3OS/c21-17-2-4-18(5-3-17)23-8-10-24(11-9-23)20(25)15-1-6-19(22-13-15)16-7-12-26-14-16/h1-7,12-14H,8-11H2. The van der Waals surface area contributed by atoms with Crippen LogP contribution in [0.5, 0.6) is 0 Å². The molecule has 0 unspecified atom stereocenters. The van der Waals surface area contributed by atoms with Gasteiger partial charge in [0.15, 0.2) is 0 Å². The van der Waals surface area contributed by atoms with Gasteiger partial charge in [0.05, 0.1) is 11.3 Å². The van der Waals surface area contributed by atoms with Crippen LogP contribution in [0.2, 0.25) is 5.02 Å². The van der Waals surface area contributed by atoms with Gasteiger partial charge in [-0.15, -0.1) is 0 Å². The quantitative estimate of drug-likeness (QED) is 0.671. The third-order valence-electron chi connectivity index (χ3n) is 4.59. The van der Waals surface area contributed by atoms with Crippen LogP contribution in [0, 0.1) is 0 Å². The van der Waals surface area contributed by atoms with E-state index in [2.05, 4.69) is 15.3 Å². The minimum Gasteiger partial charge on any atom is -0.368 e. The van der Waals surface area contributed by atoms with E-state index in [-0.39, 0.29) is 5.91 Å². The predicted molar refractivity (Wildman–Crippen MR) is 107 cm³/mol. The van der Waals surface area contributed by atoms with E-state index < -0.39 is 0 Å². The first-order valence-corrected chi connectivity index (χ1v) is 9.81. The van der Waals surface area contributed by atoms with E-state index in [1.165, 1.54) is 0 Å². The molecule has 6 heteroatoms. The first kappa shape index (κ1) is 17.1. The van der Waals surface area contributed by atoms with Crippen LogP contribution in [0.25, 0.3) is 11.3 Å². The molecule has 1 aromatic carbocycles. The Hall–Kier alpha value is -2.37. The summed E-state index contributed by atoms with van der Waals surface area (Å²) in [6, 6.07) is 13.7. The number of benzene rings is 1. The summed E-state index contributed by atoms with van der Waals surface area (Å²) in [5.74, 6) is 0.0464. The van der Waals surface area contributed by atoms with Crippen molar-refractivity contribution in [2.45, 2.75) is 0 Å². The second kappa shape index (κ2) is 7.48. The maximum absolute atomic E-state index is 12.7. The van der Waals surface area contributed by atoms with Gasteiger partial charge in [-0.2, -0.15) is 11.3 Å². The summed E-state index contributed by atoms with van der Waals surface area (Å²) in [7, 11) is 0. The molecule has 0 saturated carbocycles. The van der Waals surface area contributed by atoms with Crippen molar-refractivity contribution in [2.24, 2.45) is 0 Å². The van der Waals surface area contributed by atoms with Crippen molar-refractivity contribution in [3.63, 3.8) is 0 Å². The molecule has 3 heterocycles. The number of pyridine rings is 1. The van der Waals surface area contributed by atoms with Crippen molar-refractivity contribution >= 4 is 34.5 Å². The number of carbonyl (C=O) groups excluding carboxylic acids is 1. The molecule has 1 saturated heterocycles. The summed E-state index contributed by atoms with van der Waals surface area (Å²) >= 11 is 7.59. The first-order valence-electron chi connectivity index (χ1n) is 8.49. The number of anilines is 1. The van der Waals surface area contributed by atoms with Gasteiger partial charge in [-0.25, -0.2) is 0 Å². The minimum atomic E-state index is 0.0464. The van der Waals surface area contributed by atoms with Gasteiger partial charge in [-0.1, -0.05) is 11.6 Å². The molecule has 1 aliphatic heterocycles. The van der Waals surface area contributed by atoms with E-state index in [4.69, 9.17) is 11.6 Å². The molecule has 0 bridgehead atoms. The minimum absolute atomic E-state index is 0.0464. The third-order valence-corrected chi connectivity index (χ3v) is 5.52. The van der Waals surface area contributed by atoms with Crippen LogP contribution in [0.4, 0.5) is 5.69 Å². The fraction of sp³-hybridized carbons (Fsp3) is 0.200. The fourth-order valence-electron chi connectivity index (χ4n) is 3.10. The van der Waals surface area contributed by atoms with Crippen molar-refractivity contribution in [3.05, 3.63) is 70.0 Å². The van der Waals surface area contributed by atoms with Gasteiger partial charge in [0.1, 0.15) is 0 Å². The molecule has 1 aliphatic rings. The van der Waals surface area contributed by atoms with Crippen LogP contribution in [-0.4, -0.2) is 42.0 Å². The second-order valence-electron chi connectivity index (χ2n) is 6.20. The summed E-state index contributed by atoms with van der Waals surface area (Å²) in [4.78, 5) is 21.4. The lowest BCUT2D eigenvalue weighted by Crippen LogP contribution is -2.48. The Morgan fingerprint density at radius 2 is 1.77 bits per heavy atom. The molecule has 1 fully saturated rings. The molecular formula is C20H18ClN3OS. The van der Waals surface area contributed by atoms with Crippen LogP contribution >= 0.6 is 22.9 Å². The van der Waals surface area contributed by atoms with Crippen LogP contribution in [0.3, 0.4) is 0 Å². The van der Waals surface area contributed by atoms with Crippen molar-refractivity contribution in [2.75, 3.05) is 31.1 Å². The lowest BCUT2D eigenvalue weighted by atomic mass is 10.1. The molecular weight excluding hydrogens is 366 g/mol. The number of aromatic nitrogens is 1. The van der Waals surface area contributed by atoms with Gasteiger partial charge in [-0.3, -0.25) is 9.78 Å². The van der Waals surface area contributed by atoms with E-state index in [0.29, 0.717) is 18.7 Å².